The number of rotatable bonds is 1. The Balaban J connectivity index is 2.80. The molecule has 5 heteroatoms. The summed E-state index contributed by atoms with van der Waals surface area (Å²) in [6, 6.07) is 0.268. The zero-order chi connectivity index (χ0) is 9.19. The minimum absolute atomic E-state index is 0.268. The summed E-state index contributed by atoms with van der Waals surface area (Å²) in [5, 5.41) is 0. The molecule has 1 nitrogen and oxygen atoms in total. The molecule has 0 aliphatic carbocycles. The van der Waals surface area contributed by atoms with Gasteiger partial charge in [-0.05, 0) is 19.7 Å². The van der Waals surface area contributed by atoms with Crippen molar-refractivity contribution in [3.05, 3.63) is 0 Å². The maximum Gasteiger partial charge on any atom is 0.121 e. The second kappa shape index (κ2) is 4.39. The van der Waals surface area contributed by atoms with Crippen molar-refractivity contribution < 1.29 is 0 Å². The smallest absolute Gasteiger partial charge is 0.121 e. The number of hydrogen-bond donors (Lipinski definition) is 0. The maximum atomic E-state index is 5.59. The lowest BCUT2D eigenvalue weighted by Crippen LogP contribution is -2.29. The van der Waals surface area contributed by atoms with Crippen molar-refractivity contribution >= 4 is 39.2 Å². The molecule has 1 aliphatic rings. The standard InChI is InChI=1S/C7H12NPS3/c1-4-7-5-6-12-9(10,11-3)8(7)2/h1,7H,5-6H2,2-3H3. The Bertz CT molecular complexity index is 248. The predicted molar refractivity (Wildman–Crippen MR) is 65.3 cm³/mol. The summed E-state index contributed by atoms with van der Waals surface area (Å²) in [5.74, 6) is 3.93. The van der Waals surface area contributed by atoms with Gasteiger partial charge in [0.05, 0.1) is 6.04 Å². The van der Waals surface area contributed by atoms with E-state index in [1.54, 1.807) is 11.4 Å². The molecule has 0 amide bonds. The lowest BCUT2D eigenvalue weighted by atomic mass is 10.2. The van der Waals surface area contributed by atoms with Crippen LogP contribution in [0.4, 0.5) is 0 Å². The van der Waals surface area contributed by atoms with Gasteiger partial charge in [0.15, 0.2) is 0 Å². The van der Waals surface area contributed by atoms with Crippen molar-refractivity contribution in [1.82, 2.24) is 4.67 Å². The van der Waals surface area contributed by atoms with Crippen LogP contribution < -0.4 is 0 Å². The molecule has 1 heterocycles. The molecule has 1 rings (SSSR count). The van der Waals surface area contributed by atoms with Crippen molar-refractivity contribution in [2.45, 2.75) is 12.5 Å². The summed E-state index contributed by atoms with van der Waals surface area (Å²) in [7, 11) is 2.06. The molecule has 0 aromatic carbocycles. The second-order valence-corrected chi connectivity index (χ2v) is 13.8. The molecule has 0 N–H and O–H groups in total. The Morgan fingerprint density at radius 2 is 2.50 bits per heavy atom. The monoisotopic (exact) mass is 237 g/mol. The first-order chi connectivity index (χ1) is 5.64. The van der Waals surface area contributed by atoms with Gasteiger partial charge in [0.1, 0.15) is 4.59 Å². The van der Waals surface area contributed by atoms with Gasteiger partial charge in [-0.1, -0.05) is 29.1 Å². The van der Waals surface area contributed by atoms with Gasteiger partial charge in [0.25, 0.3) is 0 Å². The van der Waals surface area contributed by atoms with Gasteiger partial charge in [-0.3, -0.25) is 0 Å². The van der Waals surface area contributed by atoms with Crippen LogP contribution in [0.15, 0.2) is 0 Å². The zero-order valence-electron chi connectivity index (χ0n) is 7.19. The molecular formula is C7H12NPS3. The van der Waals surface area contributed by atoms with E-state index < -0.39 is 4.59 Å². The van der Waals surface area contributed by atoms with E-state index in [0.717, 1.165) is 12.2 Å². The number of terminal acetylenes is 1. The van der Waals surface area contributed by atoms with E-state index >= 15 is 0 Å². The van der Waals surface area contributed by atoms with Crippen LogP contribution in [0.1, 0.15) is 6.42 Å². The highest BCUT2D eigenvalue weighted by atomic mass is 33.2. The Hall–Kier alpha value is 0.870. The van der Waals surface area contributed by atoms with Crippen LogP contribution >= 0.6 is 27.4 Å². The summed E-state index contributed by atoms with van der Waals surface area (Å²) < 4.78 is 0.823. The van der Waals surface area contributed by atoms with E-state index in [1.807, 2.05) is 11.4 Å². The van der Waals surface area contributed by atoms with Crippen LogP contribution in [0.2, 0.25) is 0 Å². The Labute approximate surface area is 87.6 Å². The fourth-order valence-corrected chi connectivity index (χ4v) is 8.69. The fraction of sp³-hybridized carbons (Fsp3) is 0.714. The van der Waals surface area contributed by atoms with Gasteiger partial charge < -0.3 is 0 Å². The average molecular weight is 237 g/mol. The molecule has 0 spiro atoms. The average Bonchev–Trinajstić information content (AvgIpc) is 2.10. The van der Waals surface area contributed by atoms with E-state index in [0.29, 0.717) is 0 Å². The molecule has 68 valence electrons. The molecule has 0 aromatic rings. The first-order valence-electron chi connectivity index (χ1n) is 3.64. The highest BCUT2D eigenvalue weighted by Gasteiger charge is 2.31. The topological polar surface area (TPSA) is 3.24 Å². The van der Waals surface area contributed by atoms with E-state index in [4.69, 9.17) is 18.2 Å². The third kappa shape index (κ3) is 2.02. The number of hydrogen-bond acceptors (Lipinski definition) is 3. The van der Waals surface area contributed by atoms with Crippen LogP contribution in [0.5, 0.6) is 0 Å². The van der Waals surface area contributed by atoms with Crippen molar-refractivity contribution in [3.8, 4) is 12.3 Å². The molecule has 1 aliphatic heterocycles. The Morgan fingerprint density at radius 3 is 3.00 bits per heavy atom. The summed E-state index contributed by atoms with van der Waals surface area (Å²) in [5.41, 5.74) is 0. The van der Waals surface area contributed by atoms with Gasteiger partial charge in [0.2, 0.25) is 0 Å². The lowest BCUT2D eigenvalue weighted by Gasteiger charge is -2.37. The molecule has 2 unspecified atom stereocenters. The molecule has 0 aromatic heterocycles. The third-order valence-electron chi connectivity index (χ3n) is 1.91. The molecule has 0 radical (unpaired) electrons. The minimum atomic E-state index is -1.40. The molecule has 1 saturated heterocycles. The summed E-state index contributed by atoms with van der Waals surface area (Å²) >= 11 is 9.29. The summed E-state index contributed by atoms with van der Waals surface area (Å²) in [6.45, 7) is 0. The highest BCUT2D eigenvalue weighted by Crippen LogP contribution is 2.72. The van der Waals surface area contributed by atoms with Crippen LogP contribution in [-0.4, -0.2) is 29.8 Å². The van der Waals surface area contributed by atoms with E-state index in [-0.39, 0.29) is 6.04 Å². The molecule has 12 heavy (non-hydrogen) atoms. The first-order valence-corrected chi connectivity index (χ1v) is 9.81. The van der Waals surface area contributed by atoms with Crippen molar-refractivity contribution in [1.29, 1.82) is 0 Å². The predicted octanol–water partition coefficient (Wildman–Crippen LogP) is 2.64. The Morgan fingerprint density at radius 1 is 1.83 bits per heavy atom. The summed E-state index contributed by atoms with van der Waals surface area (Å²) in [6.07, 6.45) is 8.60. The zero-order valence-corrected chi connectivity index (χ0v) is 10.5. The largest absolute Gasteiger partial charge is 0.248 e. The van der Waals surface area contributed by atoms with E-state index in [9.17, 15) is 0 Å². The highest BCUT2D eigenvalue weighted by molar-refractivity contribution is 8.99. The molecule has 2 atom stereocenters. The quantitative estimate of drug-likeness (QED) is 0.509. The molecule has 0 bridgehead atoms. The molecule has 0 saturated carbocycles. The van der Waals surface area contributed by atoms with Crippen LogP contribution in [-0.2, 0) is 11.8 Å². The molecular weight excluding hydrogens is 225 g/mol. The van der Waals surface area contributed by atoms with E-state index in [1.165, 1.54) is 0 Å². The second-order valence-electron chi connectivity index (χ2n) is 2.53. The summed E-state index contributed by atoms with van der Waals surface area (Å²) in [4.78, 5) is 0. The van der Waals surface area contributed by atoms with Gasteiger partial charge in [-0.25, -0.2) is 4.67 Å². The first kappa shape index (κ1) is 10.9. The van der Waals surface area contributed by atoms with E-state index in [2.05, 4.69) is 23.9 Å². The normalized spacial score (nSPS) is 37.6. The van der Waals surface area contributed by atoms with Crippen molar-refractivity contribution in [3.63, 3.8) is 0 Å². The van der Waals surface area contributed by atoms with Crippen LogP contribution in [0, 0.1) is 12.3 Å². The van der Waals surface area contributed by atoms with Crippen molar-refractivity contribution in [2.75, 3.05) is 19.1 Å². The number of nitrogens with zero attached hydrogens (tertiary/aromatic N) is 1. The van der Waals surface area contributed by atoms with Crippen LogP contribution in [0.3, 0.4) is 0 Å². The maximum absolute atomic E-state index is 5.59. The Kier molecular flexibility index (Phi) is 4.01. The van der Waals surface area contributed by atoms with Gasteiger partial charge in [0, 0.05) is 5.75 Å². The fourth-order valence-electron chi connectivity index (χ4n) is 1.10. The SMILES string of the molecule is C#CC1CCSP(=S)(SC)N1C. The van der Waals surface area contributed by atoms with Gasteiger partial charge in [-0.2, -0.15) is 0 Å². The van der Waals surface area contributed by atoms with Gasteiger partial charge in [-0.15, -0.1) is 17.8 Å². The molecule has 1 fully saturated rings. The lowest BCUT2D eigenvalue weighted by molar-refractivity contribution is 0.470. The van der Waals surface area contributed by atoms with Crippen molar-refractivity contribution in [2.24, 2.45) is 0 Å². The minimum Gasteiger partial charge on any atom is -0.248 e. The third-order valence-corrected chi connectivity index (χ3v) is 14.0. The van der Waals surface area contributed by atoms with Crippen LogP contribution in [0.25, 0.3) is 0 Å². The van der Waals surface area contributed by atoms with Gasteiger partial charge >= 0.3 is 0 Å².